The summed E-state index contributed by atoms with van der Waals surface area (Å²) < 4.78 is 0. The number of Topliss-reactive ketones (excluding diaryl/α,β-unsaturated/α-hetero) is 1. The van der Waals surface area contributed by atoms with E-state index in [0.717, 1.165) is 15.4 Å². The van der Waals surface area contributed by atoms with Crippen LogP contribution in [0.15, 0.2) is 47.4 Å². The number of anilines is 1. The van der Waals surface area contributed by atoms with Crippen LogP contribution in [0.2, 0.25) is 0 Å². The minimum Gasteiger partial charge on any atom is -0.325 e. The number of nitrogens with zero attached hydrogens (tertiary/aromatic N) is 1. The van der Waals surface area contributed by atoms with Gasteiger partial charge in [0.25, 0.3) is 5.91 Å². The van der Waals surface area contributed by atoms with Gasteiger partial charge in [-0.05, 0) is 49.4 Å². The molecule has 0 saturated carbocycles. The molecule has 2 N–H and O–H groups in total. The number of thioether (sulfide) groups is 1. The van der Waals surface area contributed by atoms with Crippen molar-refractivity contribution in [2.24, 2.45) is 0 Å². The number of hydrogen-bond donors (Lipinski definition) is 2. The highest BCUT2D eigenvalue weighted by Crippen LogP contribution is 2.31. The van der Waals surface area contributed by atoms with Crippen LogP contribution in [0.5, 0.6) is 0 Å². The molecule has 1 unspecified atom stereocenters. The lowest BCUT2D eigenvalue weighted by molar-refractivity contribution is -0.130. The molecule has 0 aromatic heterocycles. The van der Waals surface area contributed by atoms with Gasteiger partial charge < -0.3 is 10.6 Å². The molecule has 1 heterocycles. The number of nitrogens with one attached hydrogen (secondary N) is 2. The highest BCUT2D eigenvalue weighted by molar-refractivity contribution is 7.98. The van der Waals surface area contributed by atoms with Gasteiger partial charge in [-0.3, -0.25) is 19.3 Å². The van der Waals surface area contributed by atoms with Crippen molar-refractivity contribution in [3.63, 3.8) is 0 Å². The minimum atomic E-state index is -1.22. The van der Waals surface area contributed by atoms with Gasteiger partial charge >= 0.3 is 6.03 Å². The standard InChI is InChI=1S/C22H23N3O4S/c1-13-7-5-6-8-16(13)22(3)20(28)25(21(29)24-22)12-18(27)15-9-10-17(23-14(2)26)19(11-15)30-4/h5-11H,12H2,1-4H3,(H,23,26)(H,24,29). The summed E-state index contributed by atoms with van der Waals surface area (Å²) >= 11 is 1.38. The van der Waals surface area contributed by atoms with Gasteiger partial charge in [0.05, 0.1) is 12.2 Å². The summed E-state index contributed by atoms with van der Waals surface area (Å²) in [7, 11) is 0. The van der Waals surface area contributed by atoms with E-state index in [1.54, 1.807) is 37.3 Å². The predicted octanol–water partition coefficient (Wildman–Crippen LogP) is 3.33. The number of carbonyl (C=O) groups excluding carboxylic acids is 4. The number of rotatable bonds is 6. The first-order valence-corrected chi connectivity index (χ1v) is 10.6. The Bertz CT molecular complexity index is 1050. The number of urea groups is 1. The molecular weight excluding hydrogens is 402 g/mol. The normalized spacial score (nSPS) is 18.3. The Morgan fingerprint density at radius 1 is 1.17 bits per heavy atom. The Hall–Kier alpha value is -3.13. The Labute approximate surface area is 179 Å². The van der Waals surface area contributed by atoms with Crippen molar-refractivity contribution in [3.8, 4) is 0 Å². The first-order valence-electron chi connectivity index (χ1n) is 9.36. The van der Waals surface area contributed by atoms with Crippen molar-refractivity contribution in [2.45, 2.75) is 31.2 Å². The monoisotopic (exact) mass is 425 g/mol. The lowest BCUT2D eigenvalue weighted by Crippen LogP contribution is -2.42. The van der Waals surface area contributed by atoms with E-state index < -0.39 is 17.5 Å². The fraction of sp³-hybridized carbons (Fsp3) is 0.273. The van der Waals surface area contributed by atoms with Crippen molar-refractivity contribution < 1.29 is 19.2 Å². The summed E-state index contributed by atoms with van der Waals surface area (Å²) in [6.07, 6.45) is 1.83. The Morgan fingerprint density at radius 2 is 1.87 bits per heavy atom. The predicted molar refractivity (Wildman–Crippen MR) is 116 cm³/mol. The molecule has 2 aromatic rings. The van der Waals surface area contributed by atoms with E-state index in [9.17, 15) is 19.2 Å². The van der Waals surface area contributed by atoms with E-state index in [4.69, 9.17) is 0 Å². The largest absolute Gasteiger partial charge is 0.325 e. The van der Waals surface area contributed by atoms with Crippen LogP contribution in [0.3, 0.4) is 0 Å². The van der Waals surface area contributed by atoms with E-state index >= 15 is 0 Å². The van der Waals surface area contributed by atoms with Crippen molar-refractivity contribution in [1.29, 1.82) is 0 Å². The molecule has 2 aromatic carbocycles. The van der Waals surface area contributed by atoms with Crippen LogP contribution >= 0.6 is 11.8 Å². The molecule has 8 heteroatoms. The zero-order valence-corrected chi connectivity index (χ0v) is 18.1. The Morgan fingerprint density at radius 3 is 2.50 bits per heavy atom. The highest BCUT2D eigenvalue weighted by atomic mass is 32.2. The zero-order valence-electron chi connectivity index (χ0n) is 17.2. The number of ketones is 1. The van der Waals surface area contributed by atoms with Gasteiger partial charge in [-0.25, -0.2) is 4.79 Å². The molecule has 30 heavy (non-hydrogen) atoms. The minimum absolute atomic E-state index is 0.209. The SMILES string of the molecule is CSc1cc(C(=O)CN2C(=O)NC(C)(c3ccccc3C)C2=O)ccc1NC(C)=O. The summed E-state index contributed by atoms with van der Waals surface area (Å²) in [5, 5.41) is 5.44. The molecule has 1 aliphatic heterocycles. The second-order valence-corrected chi connectivity index (χ2v) is 8.13. The topological polar surface area (TPSA) is 95.6 Å². The van der Waals surface area contributed by atoms with Crippen molar-refractivity contribution in [1.82, 2.24) is 10.2 Å². The Kier molecular flexibility index (Phi) is 5.98. The lowest BCUT2D eigenvalue weighted by atomic mass is 9.88. The van der Waals surface area contributed by atoms with Gasteiger partial charge in [-0.1, -0.05) is 24.3 Å². The molecule has 1 aliphatic rings. The molecule has 0 bridgehead atoms. The molecule has 7 nitrogen and oxygen atoms in total. The third-order valence-corrected chi connectivity index (χ3v) is 5.87. The van der Waals surface area contributed by atoms with E-state index in [2.05, 4.69) is 10.6 Å². The second-order valence-electron chi connectivity index (χ2n) is 7.28. The Balaban J connectivity index is 1.83. The quantitative estimate of drug-likeness (QED) is 0.421. The summed E-state index contributed by atoms with van der Waals surface area (Å²) in [5.41, 5.74) is 1.32. The lowest BCUT2D eigenvalue weighted by Gasteiger charge is -2.24. The molecule has 0 spiro atoms. The molecule has 3 rings (SSSR count). The summed E-state index contributed by atoms with van der Waals surface area (Å²) in [6.45, 7) is 4.56. The third kappa shape index (κ3) is 3.95. The molecule has 4 amide bonds. The molecule has 156 valence electrons. The van der Waals surface area contributed by atoms with Crippen LogP contribution in [0.25, 0.3) is 0 Å². The summed E-state index contributed by atoms with van der Waals surface area (Å²) in [5.74, 6) is -1.04. The maximum atomic E-state index is 13.1. The van der Waals surface area contributed by atoms with Crippen LogP contribution in [0.4, 0.5) is 10.5 Å². The molecule has 1 saturated heterocycles. The van der Waals surface area contributed by atoms with E-state index in [0.29, 0.717) is 16.8 Å². The number of aryl methyl sites for hydroxylation is 1. The number of hydrogen-bond acceptors (Lipinski definition) is 5. The van der Waals surface area contributed by atoms with E-state index in [1.807, 2.05) is 25.3 Å². The average Bonchev–Trinajstić information content (AvgIpc) is 2.91. The smallest absolute Gasteiger partial charge is 0.325 e. The van der Waals surface area contributed by atoms with Crippen molar-refractivity contribution in [3.05, 3.63) is 59.2 Å². The third-order valence-electron chi connectivity index (χ3n) is 5.09. The average molecular weight is 426 g/mol. The van der Waals surface area contributed by atoms with Gasteiger partial charge in [0.2, 0.25) is 5.91 Å². The maximum absolute atomic E-state index is 13.1. The first kappa shape index (κ1) is 21.6. The second kappa shape index (κ2) is 8.31. The van der Waals surface area contributed by atoms with Gasteiger partial charge in [0.1, 0.15) is 5.54 Å². The van der Waals surface area contributed by atoms with Crippen LogP contribution in [-0.4, -0.2) is 41.3 Å². The maximum Gasteiger partial charge on any atom is 0.325 e. The summed E-state index contributed by atoms with van der Waals surface area (Å²) in [4.78, 5) is 51.5. The molecule has 0 aliphatic carbocycles. The van der Waals surface area contributed by atoms with Gasteiger partial charge in [-0.2, -0.15) is 0 Å². The van der Waals surface area contributed by atoms with Gasteiger partial charge in [-0.15, -0.1) is 11.8 Å². The van der Waals surface area contributed by atoms with Crippen LogP contribution in [0.1, 0.15) is 35.3 Å². The zero-order chi connectivity index (χ0) is 22.1. The molecule has 0 radical (unpaired) electrons. The van der Waals surface area contributed by atoms with E-state index in [-0.39, 0.29) is 18.2 Å². The van der Waals surface area contributed by atoms with Crippen molar-refractivity contribution in [2.75, 3.05) is 18.1 Å². The molecule has 1 fully saturated rings. The number of amides is 4. The number of imide groups is 1. The number of carbonyl (C=O) groups is 4. The van der Waals surface area contributed by atoms with Gasteiger partial charge in [0.15, 0.2) is 5.78 Å². The molecule has 1 atom stereocenters. The van der Waals surface area contributed by atoms with Crippen LogP contribution in [0, 0.1) is 6.92 Å². The number of benzene rings is 2. The first-order chi connectivity index (χ1) is 14.2. The van der Waals surface area contributed by atoms with Crippen LogP contribution < -0.4 is 10.6 Å². The van der Waals surface area contributed by atoms with Crippen molar-refractivity contribution >= 4 is 41.1 Å². The van der Waals surface area contributed by atoms with E-state index in [1.165, 1.54) is 18.7 Å². The van der Waals surface area contributed by atoms with Crippen LogP contribution in [-0.2, 0) is 15.1 Å². The fourth-order valence-electron chi connectivity index (χ4n) is 3.55. The highest BCUT2D eigenvalue weighted by Gasteiger charge is 2.50. The summed E-state index contributed by atoms with van der Waals surface area (Å²) in [6, 6.07) is 11.6. The fourth-order valence-corrected chi connectivity index (χ4v) is 4.13. The molecular formula is C22H23N3O4S. The van der Waals surface area contributed by atoms with Gasteiger partial charge in [0, 0.05) is 17.4 Å².